The molecule has 0 bridgehead atoms. The van der Waals surface area contributed by atoms with E-state index in [9.17, 15) is 9.90 Å². The molecule has 25 heavy (non-hydrogen) atoms. The number of fused-ring (bicyclic) bond motifs is 1. The zero-order valence-corrected chi connectivity index (χ0v) is 14.0. The summed E-state index contributed by atoms with van der Waals surface area (Å²) in [6.45, 7) is 0. The van der Waals surface area contributed by atoms with Gasteiger partial charge in [-0.2, -0.15) is 0 Å². The van der Waals surface area contributed by atoms with Crippen molar-refractivity contribution in [1.29, 1.82) is 0 Å². The Hall–Kier alpha value is -2.81. The van der Waals surface area contributed by atoms with Crippen LogP contribution in [0, 0.1) is 5.92 Å². The number of amides is 1. The second kappa shape index (κ2) is 6.60. The van der Waals surface area contributed by atoms with Crippen molar-refractivity contribution in [3.63, 3.8) is 0 Å². The highest BCUT2D eigenvalue weighted by Crippen LogP contribution is 2.36. The van der Waals surface area contributed by atoms with Crippen LogP contribution in [0.1, 0.15) is 36.4 Å². The molecule has 1 atom stereocenters. The lowest BCUT2D eigenvalue weighted by Gasteiger charge is -2.28. The average Bonchev–Trinajstić information content (AvgIpc) is 2.59. The van der Waals surface area contributed by atoms with Crippen LogP contribution in [0.3, 0.4) is 0 Å². The van der Waals surface area contributed by atoms with E-state index >= 15 is 0 Å². The van der Waals surface area contributed by atoms with Gasteiger partial charge in [0, 0.05) is 11.5 Å². The average molecular weight is 331 g/mol. The first kappa shape index (κ1) is 15.7. The molecule has 1 aliphatic carbocycles. The molecule has 0 heterocycles. The Balaban J connectivity index is 1.83. The van der Waals surface area contributed by atoms with Crippen molar-refractivity contribution in [2.75, 3.05) is 0 Å². The third-order valence-electron chi connectivity index (χ3n) is 5.13. The van der Waals surface area contributed by atoms with Crippen LogP contribution in [-0.2, 0) is 4.79 Å². The number of phenolic OH excluding ortho intramolecular Hbond substituents is 1. The van der Waals surface area contributed by atoms with Gasteiger partial charge in [-0.15, -0.1) is 0 Å². The number of rotatable bonds is 4. The van der Waals surface area contributed by atoms with Crippen molar-refractivity contribution in [2.45, 2.75) is 25.3 Å². The molecule has 3 heteroatoms. The molecule has 3 aromatic rings. The Kier molecular flexibility index (Phi) is 4.14. The van der Waals surface area contributed by atoms with Crippen molar-refractivity contribution >= 4 is 16.7 Å². The minimum absolute atomic E-state index is 0.0763. The normalized spacial score (nSPS) is 15.5. The minimum atomic E-state index is -0.361. The number of carbonyl (C=O) groups excluding carboxylic acids is 1. The number of phenols is 1. The van der Waals surface area contributed by atoms with E-state index in [-0.39, 0.29) is 23.6 Å². The molecular weight excluding hydrogens is 310 g/mol. The monoisotopic (exact) mass is 331 g/mol. The molecule has 1 saturated carbocycles. The number of benzene rings is 3. The minimum Gasteiger partial charge on any atom is -0.508 e. The fourth-order valence-corrected chi connectivity index (χ4v) is 3.49. The first-order valence-corrected chi connectivity index (χ1v) is 8.80. The molecule has 1 aliphatic rings. The van der Waals surface area contributed by atoms with Gasteiger partial charge in [0.05, 0.1) is 6.04 Å². The van der Waals surface area contributed by atoms with Crippen LogP contribution in [0.2, 0.25) is 0 Å². The predicted molar refractivity (Wildman–Crippen MR) is 99.4 cm³/mol. The van der Waals surface area contributed by atoms with Gasteiger partial charge in [0.25, 0.3) is 0 Å². The fraction of sp³-hybridized carbons (Fsp3) is 0.227. The zero-order chi connectivity index (χ0) is 17.2. The van der Waals surface area contributed by atoms with E-state index in [1.165, 1.54) is 0 Å². The van der Waals surface area contributed by atoms with E-state index in [2.05, 4.69) is 5.32 Å². The van der Waals surface area contributed by atoms with Crippen LogP contribution in [-0.4, -0.2) is 11.0 Å². The Morgan fingerprint density at radius 2 is 1.68 bits per heavy atom. The van der Waals surface area contributed by atoms with Crippen LogP contribution in [0.4, 0.5) is 0 Å². The number of hydrogen-bond acceptors (Lipinski definition) is 2. The van der Waals surface area contributed by atoms with Crippen LogP contribution >= 0.6 is 0 Å². The van der Waals surface area contributed by atoms with E-state index in [0.29, 0.717) is 0 Å². The van der Waals surface area contributed by atoms with E-state index in [1.807, 2.05) is 60.7 Å². The molecule has 0 aliphatic heterocycles. The van der Waals surface area contributed by atoms with Crippen LogP contribution in [0.15, 0.2) is 66.7 Å². The Morgan fingerprint density at radius 3 is 2.40 bits per heavy atom. The van der Waals surface area contributed by atoms with Gasteiger partial charge in [0.15, 0.2) is 0 Å². The van der Waals surface area contributed by atoms with Crippen molar-refractivity contribution in [1.82, 2.24) is 5.32 Å². The molecular formula is C22H21NO2. The van der Waals surface area contributed by atoms with E-state index in [4.69, 9.17) is 0 Å². The lowest BCUT2D eigenvalue weighted by Crippen LogP contribution is -2.37. The number of aromatic hydroxyl groups is 1. The summed E-state index contributed by atoms with van der Waals surface area (Å²) in [5, 5.41) is 15.8. The Morgan fingerprint density at radius 1 is 0.960 bits per heavy atom. The molecule has 4 rings (SSSR count). The van der Waals surface area contributed by atoms with Crippen LogP contribution < -0.4 is 5.32 Å². The maximum absolute atomic E-state index is 12.6. The summed E-state index contributed by atoms with van der Waals surface area (Å²) in [7, 11) is 0. The topological polar surface area (TPSA) is 49.3 Å². The summed E-state index contributed by atoms with van der Waals surface area (Å²) in [4.78, 5) is 12.6. The van der Waals surface area contributed by atoms with E-state index in [0.717, 1.165) is 41.2 Å². The highest BCUT2D eigenvalue weighted by molar-refractivity contribution is 5.89. The zero-order valence-electron chi connectivity index (χ0n) is 14.0. The standard InChI is InChI=1S/C22H21NO2/c24-19-14-13-15-7-4-5-12-18(15)20(19)21(16-8-2-1-3-9-16)23-22(25)17-10-6-11-17/h1-5,7-9,12-14,17,21,24H,6,10-11H2,(H,23,25). The molecule has 2 N–H and O–H groups in total. The second-order valence-electron chi connectivity index (χ2n) is 6.70. The van der Waals surface area contributed by atoms with Gasteiger partial charge in [0.2, 0.25) is 5.91 Å². The third-order valence-corrected chi connectivity index (χ3v) is 5.13. The highest BCUT2D eigenvalue weighted by Gasteiger charge is 2.29. The van der Waals surface area contributed by atoms with Gasteiger partial charge < -0.3 is 10.4 Å². The summed E-state index contributed by atoms with van der Waals surface area (Å²) >= 11 is 0. The number of carbonyl (C=O) groups is 1. The molecule has 1 amide bonds. The smallest absolute Gasteiger partial charge is 0.223 e. The summed E-state index contributed by atoms with van der Waals surface area (Å²) in [6, 6.07) is 21.1. The van der Waals surface area contributed by atoms with Crippen molar-refractivity contribution in [3.8, 4) is 5.75 Å². The van der Waals surface area contributed by atoms with E-state index in [1.54, 1.807) is 6.07 Å². The SMILES string of the molecule is O=C(NC(c1ccccc1)c1c(O)ccc2ccccc12)C1CCC1. The number of nitrogens with one attached hydrogen (secondary N) is 1. The van der Waals surface area contributed by atoms with Crippen molar-refractivity contribution in [2.24, 2.45) is 5.92 Å². The molecule has 3 aromatic carbocycles. The van der Waals surface area contributed by atoms with Gasteiger partial charge in [0.1, 0.15) is 5.75 Å². The maximum Gasteiger partial charge on any atom is 0.223 e. The third kappa shape index (κ3) is 2.98. The highest BCUT2D eigenvalue weighted by atomic mass is 16.3. The van der Waals surface area contributed by atoms with E-state index < -0.39 is 0 Å². The molecule has 0 saturated heterocycles. The summed E-state index contributed by atoms with van der Waals surface area (Å²) in [6.07, 6.45) is 3.03. The summed E-state index contributed by atoms with van der Waals surface area (Å²) in [5.74, 6) is 0.386. The first-order valence-electron chi connectivity index (χ1n) is 8.80. The predicted octanol–water partition coefficient (Wildman–Crippen LogP) is 4.55. The Labute approximate surface area is 147 Å². The van der Waals surface area contributed by atoms with Crippen molar-refractivity contribution < 1.29 is 9.90 Å². The summed E-state index contributed by atoms with van der Waals surface area (Å²) < 4.78 is 0. The number of hydrogen-bond donors (Lipinski definition) is 2. The summed E-state index contributed by atoms with van der Waals surface area (Å²) in [5.41, 5.74) is 1.74. The van der Waals surface area contributed by atoms with Crippen LogP contribution in [0.25, 0.3) is 10.8 Å². The quantitative estimate of drug-likeness (QED) is 0.737. The molecule has 0 aromatic heterocycles. The molecule has 0 radical (unpaired) electrons. The van der Waals surface area contributed by atoms with Gasteiger partial charge in [-0.3, -0.25) is 4.79 Å². The fourth-order valence-electron chi connectivity index (χ4n) is 3.49. The van der Waals surface area contributed by atoms with Crippen molar-refractivity contribution in [3.05, 3.63) is 77.9 Å². The lowest BCUT2D eigenvalue weighted by atomic mass is 9.84. The van der Waals surface area contributed by atoms with Gasteiger partial charge in [-0.1, -0.05) is 67.1 Å². The second-order valence-corrected chi connectivity index (χ2v) is 6.70. The molecule has 0 spiro atoms. The van der Waals surface area contributed by atoms with Gasteiger partial charge >= 0.3 is 0 Å². The first-order chi connectivity index (χ1) is 12.2. The molecule has 1 fully saturated rings. The van der Waals surface area contributed by atoms with Crippen LogP contribution in [0.5, 0.6) is 5.75 Å². The molecule has 1 unspecified atom stereocenters. The van der Waals surface area contributed by atoms with Gasteiger partial charge in [-0.25, -0.2) is 0 Å². The molecule has 3 nitrogen and oxygen atoms in total. The van der Waals surface area contributed by atoms with Gasteiger partial charge in [-0.05, 0) is 35.2 Å². The maximum atomic E-state index is 12.6. The lowest BCUT2D eigenvalue weighted by molar-refractivity contribution is -0.127. The molecule has 126 valence electrons. The largest absolute Gasteiger partial charge is 0.508 e. The Bertz CT molecular complexity index is 900.